The summed E-state index contributed by atoms with van der Waals surface area (Å²) in [5, 5.41) is 11.0. The first-order chi connectivity index (χ1) is 11.1. The highest BCUT2D eigenvalue weighted by Crippen LogP contribution is 2.33. The Kier molecular flexibility index (Phi) is 5.21. The van der Waals surface area contributed by atoms with Crippen molar-refractivity contribution in [3.8, 4) is 17.6 Å². The number of esters is 1. The predicted molar refractivity (Wildman–Crippen MR) is 87.3 cm³/mol. The molecule has 0 amide bonds. The summed E-state index contributed by atoms with van der Waals surface area (Å²) in [7, 11) is 3.13. The van der Waals surface area contributed by atoms with Crippen LogP contribution in [0.2, 0.25) is 0 Å². The number of nitriles is 1. The zero-order valence-electron chi connectivity index (χ0n) is 13.3. The molecule has 0 atom stereocenters. The van der Waals surface area contributed by atoms with Crippen LogP contribution in [0.3, 0.4) is 0 Å². The Labute approximate surface area is 134 Å². The summed E-state index contributed by atoms with van der Waals surface area (Å²) in [6.07, 6.45) is 1.47. The van der Waals surface area contributed by atoms with Crippen LogP contribution in [0.4, 0.5) is 0 Å². The van der Waals surface area contributed by atoms with Crippen molar-refractivity contribution in [1.82, 2.24) is 0 Å². The normalized spacial score (nSPS) is 11.0. The lowest BCUT2D eigenvalue weighted by Crippen LogP contribution is -2.06. The van der Waals surface area contributed by atoms with Gasteiger partial charge in [-0.2, -0.15) is 5.26 Å². The topological polar surface area (TPSA) is 68.6 Å². The second-order valence-electron chi connectivity index (χ2n) is 4.67. The number of hydrogen-bond donors (Lipinski definition) is 0. The van der Waals surface area contributed by atoms with Crippen LogP contribution in [0.1, 0.15) is 12.5 Å². The smallest absolute Gasteiger partial charge is 0.348 e. The number of rotatable bonds is 5. The lowest BCUT2D eigenvalue weighted by molar-refractivity contribution is -0.137. The highest BCUT2D eigenvalue weighted by Gasteiger charge is 2.13. The molecule has 23 heavy (non-hydrogen) atoms. The van der Waals surface area contributed by atoms with Crippen LogP contribution in [0.15, 0.2) is 35.9 Å². The largest absolute Gasteiger partial charge is 0.496 e. The molecule has 2 aromatic carbocycles. The highest BCUT2D eigenvalue weighted by molar-refractivity contribution is 6.00. The molecule has 0 heterocycles. The second-order valence-corrected chi connectivity index (χ2v) is 4.67. The van der Waals surface area contributed by atoms with E-state index >= 15 is 0 Å². The van der Waals surface area contributed by atoms with E-state index in [9.17, 15) is 4.79 Å². The lowest BCUT2D eigenvalue weighted by atomic mass is 10.0. The Morgan fingerprint density at radius 2 is 1.96 bits per heavy atom. The maximum Gasteiger partial charge on any atom is 0.348 e. The van der Waals surface area contributed by atoms with Gasteiger partial charge in [0.05, 0.1) is 20.8 Å². The van der Waals surface area contributed by atoms with Gasteiger partial charge < -0.3 is 14.2 Å². The van der Waals surface area contributed by atoms with Crippen LogP contribution >= 0.6 is 0 Å². The number of ether oxygens (including phenoxy) is 3. The third-order valence-electron chi connectivity index (χ3n) is 3.33. The number of hydrogen-bond acceptors (Lipinski definition) is 5. The van der Waals surface area contributed by atoms with Gasteiger partial charge in [0.25, 0.3) is 0 Å². The van der Waals surface area contributed by atoms with Crippen molar-refractivity contribution in [3.63, 3.8) is 0 Å². The quantitative estimate of drug-likeness (QED) is 0.481. The molecule has 0 radical (unpaired) electrons. The van der Waals surface area contributed by atoms with Crippen LogP contribution < -0.4 is 9.47 Å². The average molecular weight is 311 g/mol. The first kappa shape index (κ1) is 16.4. The fraction of sp³-hybridized carbons (Fsp3) is 0.222. The summed E-state index contributed by atoms with van der Waals surface area (Å²) in [6, 6.07) is 11.2. The number of nitrogens with zero attached hydrogens (tertiary/aromatic N) is 1. The molecule has 0 N–H and O–H groups in total. The Bertz CT molecular complexity index is 803. The van der Waals surface area contributed by atoms with Gasteiger partial charge in [-0.1, -0.05) is 12.1 Å². The maximum absolute atomic E-state index is 11.8. The van der Waals surface area contributed by atoms with E-state index in [1.54, 1.807) is 14.0 Å². The van der Waals surface area contributed by atoms with E-state index in [1.807, 2.05) is 36.4 Å². The second kappa shape index (κ2) is 7.32. The van der Waals surface area contributed by atoms with Gasteiger partial charge in [0.2, 0.25) is 0 Å². The third-order valence-corrected chi connectivity index (χ3v) is 3.33. The molecule has 5 heteroatoms. The van der Waals surface area contributed by atoms with E-state index in [0.717, 1.165) is 16.5 Å². The fourth-order valence-corrected chi connectivity index (χ4v) is 2.26. The molecule has 2 aromatic rings. The summed E-state index contributed by atoms with van der Waals surface area (Å²) in [5.41, 5.74) is 0.547. The Morgan fingerprint density at radius 1 is 1.22 bits per heavy atom. The van der Waals surface area contributed by atoms with Gasteiger partial charge in [0.1, 0.15) is 23.1 Å². The van der Waals surface area contributed by atoms with Crippen molar-refractivity contribution in [2.75, 3.05) is 20.8 Å². The average Bonchev–Trinajstić information content (AvgIpc) is 2.58. The van der Waals surface area contributed by atoms with E-state index in [1.165, 1.54) is 13.2 Å². The summed E-state index contributed by atoms with van der Waals surface area (Å²) < 4.78 is 15.6. The minimum absolute atomic E-state index is 0.0765. The van der Waals surface area contributed by atoms with Gasteiger partial charge in [-0.15, -0.1) is 0 Å². The van der Waals surface area contributed by atoms with Crippen LogP contribution in [0.5, 0.6) is 11.5 Å². The molecular weight excluding hydrogens is 294 g/mol. The van der Waals surface area contributed by atoms with Gasteiger partial charge in [0.15, 0.2) is 0 Å². The highest BCUT2D eigenvalue weighted by atomic mass is 16.5. The van der Waals surface area contributed by atoms with Gasteiger partial charge >= 0.3 is 5.97 Å². The zero-order chi connectivity index (χ0) is 16.8. The van der Waals surface area contributed by atoms with Crippen molar-refractivity contribution in [1.29, 1.82) is 5.26 Å². The summed E-state index contributed by atoms with van der Waals surface area (Å²) in [4.78, 5) is 11.8. The molecule has 0 aliphatic carbocycles. The van der Waals surface area contributed by atoms with Crippen molar-refractivity contribution in [2.24, 2.45) is 0 Å². The van der Waals surface area contributed by atoms with Crippen molar-refractivity contribution < 1.29 is 19.0 Å². The number of carbonyl (C=O) groups is 1. The molecule has 0 saturated heterocycles. The molecule has 0 saturated carbocycles. The number of carbonyl (C=O) groups excluding carboxylic acids is 1. The van der Waals surface area contributed by atoms with Crippen molar-refractivity contribution >= 4 is 22.8 Å². The SMILES string of the molecule is CCOC(=O)/C(C#N)=C\c1cc2cccc(OC)c2cc1OC. The summed E-state index contributed by atoms with van der Waals surface area (Å²) >= 11 is 0. The number of fused-ring (bicyclic) bond motifs is 1. The summed E-state index contributed by atoms with van der Waals surface area (Å²) in [6.45, 7) is 1.90. The monoisotopic (exact) mass is 311 g/mol. The molecule has 0 aromatic heterocycles. The van der Waals surface area contributed by atoms with Crippen LogP contribution in [-0.4, -0.2) is 26.8 Å². The zero-order valence-corrected chi connectivity index (χ0v) is 13.3. The fourth-order valence-electron chi connectivity index (χ4n) is 2.26. The Hall–Kier alpha value is -3.00. The van der Waals surface area contributed by atoms with Gasteiger partial charge in [-0.25, -0.2) is 4.79 Å². The maximum atomic E-state index is 11.8. The minimum atomic E-state index is -0.650. The van der Waals surface area contributed by atoms with E-state index < -0.39 is 5.97 Å². The van der Waals surface area contributed by atoms with Gasteiger partial charge in [-0.3, -0.25) is 0 Å². The van der Waals surface area contributed by atoms with Gasteiger partial charge in [-0.05, 0) is 36.6 Å². The molecule has 0 spiro atoms. The van der Waals surface area contributed by atoms with Crippen molar-refractivity contribution in [3.05, 3.63) is 41.5 Å². The molecule has 0 aliphatic rings. The standard InChI is InChI=1S/C18H17NO4/c1-4-23-18(20)14(11-19)9-13-8-12-6-5-7-16(21-2)15(12)10-17(13)22-3/h5-10H,4H2,1-3H3/b14-9-. The number of methoxy groups -OCH3 is 2. The minimum Gasteiger partial charge on any atom is -0.496 e. The molecule has 5 nitrogen and oxygen atoms in total. The van der Waals surface area contributed by atoms with E-state index in [0.29, 0.717) is 11.3 Å². The molecule has 0 unspecified atom stereocenters. The summed E-state index contributed by atoms with van der Waals surface area (Å²) in [5.74, 6) is 0.615. The Balaban J connectivity index is 2.60. The first-order valence-corrected chi connectivity index (χ1v) is 7.08. The molecule has 0 bridgehead atoms. The molecular formula is C18H17NO4. The molecule has 2 rings (SSSR count). The van der Waals surface area contributed by atoms with E-state index in [2.05, 4.69) is 0 Å². The number of benzene rings is 2. The molecule has 0 fully saturated rings. The van der Waals surface area contributed by atoms with Gasteiger partial charge in [0, 0.05) is 10.9 Å². The lowest BCUT2D eigenvalue weighted by Gasteiger charge is -2.10. The van der Waals surface area contributed by atoms with Crippen LogP contribution in [0.25, 0.3) is 16.8 Å². The van der Waals surface area contributed by atoms with Crippen LogP contribution in [-0.2, 0) is 9.53 Å². The Morgan fingerprint density at radius 3 is 2.57 bits per heavy atom. The third kappa shape index (κ3) is 3.43. The molecule has 0 aliphatic heterocycles. The predicted octanol–water partition coefficient (Wildman–Crippen LogP) is 3.33. The van der Waals surface area contributed by atoms with Crippen LogP contribution in [0, 0.1) is 11.3 Å². The first-order valence-electron chi connectivity index (χ1n) is 7.08. The molecule has 118 valence electrons. The van der Waals surface area contributed by atoms with E-state index in [-0.39, 0.29) is 12.2 Å². The van der Waals surface area contributed by atoms with Crippen molar-refractivity contribution in [2.45, 2.75) is 6.92 Å². The van der Waals surface area contributed by atoms with E-state index in [4.69, 9.17) is 19.5 Å².